The first-order valence-electron chi connectivity index (χ1n) is 10.1. The molecule has 0 spiro atoms. The van der Waals surface area contributed by atoms with Gasteiger partial charge in [-0.05, 0) is 49.8 Å². The Balaban J connectivity index is 1.57. The molecule has 2 heterocycles. The molecule has 162 valence electrons. The van der Waals surface area contributed by atoms with Gasteiger partial charge < -0.3 is 4.98 Å². The standard InChI is InChI=1S/C24H22N4O2S2/c1-4-11-28-22(30)18-10-9-17(13-19(18)26-24(28)31)21(29)27-23-25-15(3)20(32-23)12-16-7-5-14(2)6-8-16/h4-10,13H,1,11-12H2,2-3H3,(H,26,31)(H,25,27,29). The van der Waals surface area contributed by atoms with Gasteiger partial charge in [-0.25, -0.2) is 4.98 Å². The van der Waals surface area contributed by atoms with Crippen LogP contribution in [0, 0.1) is 18.6 Å². The Kier molecular flexibility index (Phi) is 6.16. The minimum atomic E-state index is -0.294. The summed E-state index contributed by atoms with van der Waals surface area (Å²) in [6, 6.07) is 13.3. The molecule has 32 heavy (non-hydrogen) atoms. The number of amides is 1. The Hall–Kier alpha value is -3.36. The average Bonchev–Trinajstić information content (AvgIpc) is 3.10. The highest BCUT2D eigenvalue weighted by molar-refractivity contribution is 7.71. The van der Waals surface area contributed by atoms with Gasteiger partial charge in [-0.2, -0.15) is 0 Å². The van der Waals surface area contributed by atoms with Crippen LogP contribution in [0.4, 0.5) is 5.13 Å². The number of hydrogen-bond acceptors (Lipinski definition) is 5. The van der Waals surface area contributed by atoms with Gasteiger partial charge in [0.15, 0.2) is 9.90 Å². The molecule has 0 atom stereocenters. The summed E-state index contributed by atoms with van der Waals surface area (Å²) >= 11 is 6.74. The number of benzene rings is 2. The van der Waals surface area contributed by atoms with Crippen LogP contribution in [0.3, 0.4) is 0 Å². The Morgan fingerprint density at radius 2 is 2.00 bits per heavy atom. The minimum Gasteiger partial charge on any atom is -0.332 e. The van der Waals surface area contributed by atoms with E-state index in [1.807, 2.05) is 6.92 Å². The minimum absolute atomic E-state index is 0.216. The number of nitrogens with one attached hydrogen (secondary N) is 2. The molecule has 1 amide bonds. The highest BCUT2D eigenvalue weighted by atomic mass is 32.1. The lowest BCUT2D eigenvalue weighted by Crippen LogP contribution is -2.22. The van der Waals surface area contributed by atoms with E-state index in [9.17, 15) is 9.59 Å². The Labute approximate surface area is 194 Å². The second-order valence-electron chi connectivity index (χ2n) is 7.54. The number of carbonyl (C=O) groups excluding carboxylic acids is 1. The summed E-state index contributed by atoms with van der Waals surface area (Å²) in [7, 11) is 0. The van der Waals surface area contributed by atoms with E-state index in [1.54, 1.807) is 24.3 Å². The molecule has 0 aliphatic rings. The Morgan fingerprint density at radius 3 is 2.72 bits per heavy atom. The average molecular weight is 463 g/mol. The lowest BCUT2D eigenvalue weighted by atomic mass is 10.1. The fraction of sp³-hybridized carbons (Fsp3) is 0.167. The van der Waals surface area contributed by atoms with E-state index in [2.05, 4.69) is 53.1 Å². The van der Waals surface area contributed by atoms with Crippen molar-refractivity contribution in [2.24, 2.45) is 0 Å². The topological polar surface area (TPSA) is 79.8 Å². The monoisotopic (exact) mass is 462 g/mol. The fourth-order valence-electron chi connectivity index (χ4n) is 3.40. The molecule has 0 aliphatic carbocycles. The summed E-state index contributed by atoms with van der Waals surface area (Å²) in [5.74, 6) is -0.294. The van der Waals surface area contributed by atoms with Crippen molar-refractivity contribution in [3.8, 4) is 0 Å². The molecule has 2 aromatic carbocycles. The molecular weight excluding hydrogens is 440 g/mol. The van der Waals surface area contributed by atoms with Gasteiger partial charge in [-0.15, -0.1) is 17.9 Å². The SMILES string of the molecule is C=CCn1c(=S)[nH]c2cc(C(=O)Nc3nc(C)c(Cc4ccc(C)cc4)s3)ccc2c1=O. The third-order valence-corrected chi connectivity index (χ3v) is 6.55. The number of carbonyl (C=O) groups is 1. The van der Waals surface area contributed by atoms with Crippen LogP contribution < -0.4 is 10.9 Å². The molecule has 4 aromatic rings. The van der Waals surface area contributed by atoms with Crippen molar-refractivity contribution in [2.75, 3.05) is 5.32 Å². The third kappa shape index (κ3) is 4.46. The van der Waals surface area contributed by atoms with E-state index in [1.165, 1.54) is 27.0 Å². The van der Waals surface area contributed by atoms with Gasteiger partial charge in [0.05, 0.1) is 16.6 Å². The number of rotatable bonds is 6. The van der Waals surface area contributed by atoms with Gasteiger partial charge in [-0.3, -0.25) is 19.5 Å². The number of aromatic amines is 1. The summed E-state index contributed by atoms with van der Waals surface area (Å²) in [5, 5.41) is 3.88. The largest absolute Gasteiger partial charge is 0.332 e. The normalized spacial score (nSPS) is 10.9. The zero-order valence-electron chi connectivity index (χ0n) is 17.8. The molecule has 0 bridgehead atoms. The maximum Gasteiger partial charge on any atom is 0.262 e. The van der Waals surface area contributed by atoms with Crippen molar-refractivity contribution >= 4 is 45.5 Å². The van der Waals surface area contributed by atoms with Crippen molar-refractivity contribution in [3.63, 3.8) is 0 Å². The first-order chi connectivity index (χ1) is 15.4. The first-order valence-corrected chi connectivity index (χ1v) is 11.3. The van der Waals surface area contributed by atoms with Gasteiger partial charge in [0.1, 0.15) is 0 Å². The predicted molar refractivity (Wildman–Crippen MR) is 132 cm³/mol. The Bertz CT molecular complexity index is 1450. The fourth-order valence-corrected chi connectivity index (χ4v) is 4.66. The molecule has 0 unspecified atom stereocenters. The molecule has 6 nitrogen and oxygen atoms in total. The van der Waals surface area contributed by atoms with Crippen LogP contribution in [-0.4, -0.2) is 20.4 Å². The molecule has 2 N–H and O–H groups in total. The molecule has 0 fully saturated rings. The number of nitrogens with zero attached hydrogens (tertiary/aromatic N) is 2. The van der Waals surface area contributed by atoms with Crippen LogP contribution in [0.2, 0.25) is 0 Å². The number of H-pyrrole nitrogens is 1. The second kappa shape index (κ2) is 9.02. The highest BCUT2D eigenvalue weighted by Gasteiger charge is 2.14. The van der Waals surface area contributed by atoms with E-state index in [0.717, 1.165) is 17.0 Å². The lowest BCUT2D eigenvalue weighted by Gasteiger charge is -2.07. The summed E-state index contributed by atoms with van der Waals surface area (Å²) < 4.78 is 1.72. The molecule has 8 heteroatoms. The van der Waals surface area contributed by atoms with E-state index in [-0.39, 0.29) is 16.2 Å². The van der Waals surface area contributed by atoms with Crippen molar-refractivity contribution < 1.29 is 4.79 Å². The van der Waals surface area contributed by atoms with Crippen molar-refractivity contribution in [3.05, 3.63) is 97.5 Å². The molecule has 0 aliphatic heterocycles. The van der Waals surface area contributed by atoms with Gasteiger partial charge in [0.25, 0.3) is 11.5 Å². The molecule has 0 radical (unpaired) electrons. The van der Waals surface area contributed by atoms with Gasteiger partial charge in [0.2, 0.25) is 0 Å². The smallest absolute Gasteiger partial charge is 0.262 e. The van der Waals surface area contributed by atoms with Crippen molar-refractivity contribution in [1.82, 2.24) is 14.5 Å². The van der Waals surface area contributed by atoms with Crippen LogP contribution in [0.5, 0.6) is 0 Å². The predicted octanol–water partition coefficient (Wildman–Crippen LogP) is 5.16. The zero-order chi connectivity index (χ0) is 22.8. The molecule has 0 saturated carbocycles. The van der Waals surface area contributed by atoms with Gasteiger partial charge in [0, 0.05) is 23.4 Å². The summed E-state index contributed by atoms with van der Waals surface area (Å²) in [6.07, 6.45) is 2.38. The number of thiazole rings is 1. The number of fused-ring (bicyclic) bond motifs is 1. The first kappa shape index (κ1) is 21.9. The maximum atomic E-state index is 12.8. The number of anilines is 1. The third-order valence-electron chi connectivity index (χ3n) is 5.15. The molecule has 4 rings (SSSR count). The number of hydrogen-bond donors (Lipinski definition) is 2. The van der Waals surface area contributed by atoms with Gasteiger partial charge >= 0.3 is 0 Å². The maximum absolute atomic E-state index is 12.8. The van der Waals surface area contributed by atoms with Crippen molar-refractivity contribution in [1.29, 1.82) is 0 Å². The van der Waals surface area contributed by atoms with E-state index < -0.39 is 0 Å². The van der Waals surface area contributed by atoms with E-state index in [4.69, 9.17) is 12.2 Å². The van der Waals surface area contributed by atoms with Crippen LogP contribution >= 0.6 is 23.6 Å². The zero-order valence-corrected chi connectivity index (χ0v) is 19.4. The highest BCUT2D eigenvalue weighted by Crippen LogP contribution is 2.26. The van der Waals surface area contributed by atoms with Crippen molar-refractivity contribution in [2.45, 2.75) is 26.8 Å². The quantitative estimate of drug-likeness (QED) is 0.306. The summed E-state index contributed by atoms with van der Waals surface area (Å²) in [6.45, 7) is 7.98. The van der Waals surface area contributed by atoms with Gasteiger partial charge in [-0.1, -0.05) is 35.9 Å². The number of aromatic nitrogens is 3. The number of aryl methyl sites for hydroxylation is 2. The summed E-state index contributed by atoms with van der Waals surface area (Å²) in [4.78, 5) is 34.1. The Morgan fingerprint density at radius 1 is 1.25 bits per heavy atom. The number of allylic oxidation sites excluding steroid dienone is 1. The van der Waals surface area contributed by atoms with E-state index >= 15 is 0 Å². The van der Waals surface area contributed by atoms with Crippen LogP contribution in [0.25, 0.3) is 10.9 Å². The second-order valence-corrected chi connectivity index (χ2v) is 9.01. The van der Waals surface area contributed by atoms with Crippen LogP contribution in [0.15, 0.2) is 59.9 Å². The van der Waals surface area contributed by atoms with Crippen LogP contribution in [0.1, 0.15) is 32.1 Å². The molecular formula is C24H22N4O2S2. The lowest BCUT2D eigenvalue weighted by molar-refractivity contribution is 0.102. The molecule has 2 aromatic heterocycles. The van der Waals surface area contributed by atoms with Crippen LogP contribution in [-0.2, 0) is 13.0 Å². The van der Waals surface area contributed by atoms with E-state index in [0.29, 0.717) is 28.1 Å². The summed E-state index contributed by atoms with van der Waals surface area (Å²) in [5.41, 5.74) is 4.04. The molecule has 0 saturated heterocycles.